The highest BCUT2D eigenvalue weighted by molar-refractivity contribution is 5.89. The second-order valence-electron chi connectivity index (χ2n) is 6.25. The first-order valence-corrected chi connectivity index (χ1v) is 7.89. The zero-order valence-corrected chi connectivity index (χ0v) is 13.4. The SMILES string of the molecule is CN(C)c1ccc(NC(=O)NCC2(O)CCCCCC2)cn1. The lowest BCUT2D eigenvalue weighted by Crippen LogP contribution is -2.44. The number of aromatic nitrogens is 1. The van der Waals surface area contributed by atoms with Gasteiger partial charge in [0.15, 0.2) is 0 Å². The van der Waals surface area contributed by atoms with Crippen molar-refractivity contribution in [3.05, 3.63) is 18.3 Å². The number of nitrogens with one attached hydrogen (secondary N) is 2. The fraction of sp³-hybridized carbons (Fsp3) is 0.625. The Morgan fingerprint density at radius 2 is 1.95 bits per heavy atom. The third kappa shape index (κ3) is 4.87. The van der Waals surface area contributed by atoms with E-state index in [1.54, 1.807) is 6.20 Å². The van der Waals surface area contributed by atoms with E-state index in [9.17, 15) is 9.90 Å². The summed E-state index contributed by atoms with van der Waals surface area (Å²) < 4.78 is 0. The minimum Gasteiger partial charge on any atom is -0.388 e. The number of urea groups is 1. The fourth-order valence-corrected chi connectivity index (χ4v) is 2.71. The Labute approximate surface area is 131 Å². The van der Waals surface area contributed by atoms with E-state index >= 15 is 0 Å². The zero-order chi connectivity index (χ0) is 16.0. The van der Waals surface area contributed by atoms with Gasteiger partial charge in [0.2, 0.25) is 0 Å². The average molecular weight is 306 g/mol. The molecule has 1 saturated carbocycles. The van der Waals surface area contributed by atoms with Crippen LogP contribution in [-0.4, -0.2) is 42.4 Å². The van der Waals surface area contributed by atoms with Gasteiger partial charge in [-0.1, -0.05) is 25.7 Å². The highest BCUT2D eigenvalue weighted by Gasteiger charge is 2.28. The van der Waals surface area contributed by atoms with Crippen LogP contribution in [0, 0.1) is 0 Å². The molecule has 6 heteroatoms. The van der Waals surface area contributed by atoms with Crippen molar-refractivity contribution in [2.45, 2.75) is 44.1 Å². The highest BCUT2D eigenvalue weighted by Crippen LogP contribution is 2.26. The zero-order valence-electron chi connectivity index (χ0n) is 13.4. The first-order valence-electron chi connectivity index (χ1n) is 7.89. The number of hydrogen-bond acceptors (Lipinski definition) is 4. The molecule has 2 amide bonds. The van der Waals surface area contributed by atoms with Crippen molar-refractivity contribution in [2.24, 2.45) is 0 Å². The largest absolute Gasteiger partial charge is 0.388 e. The number of anilines is 2. The minimum atomic E-state index is -0.763. The summed E-state index contributed by atoms with van der Waals surface area (Å²) in [5.74, 6) is 0.832. The van der Waals surface area contributed by atoms with Crippen LogP contribution in [0.4, 0.5) is 16.3 Å². The Morgan fingerprint density at radius 1 is 1.27 bits per heavy atom. The average Bonchev–Trinajstić information content (AvgIpc) is 2.71. The molecule has 6 nitrogen and oxygen atoms in total. The van der Waals surface area contributed by atoms with E-state index < -0.39 is 5.60 Å². The fourth-order valence-electron chi connectivity index (χ4n) is 2.71. The van der Waals surface area contributed by atoms with Crippen molar-refractivity contribution < 1.29 is 9.90 Å². The van der Waals surface area contributed by atoms with E-state index in [1.807, 2.05) is 31.1 Å². The molecule has 1 aromatic rings. The van der Waals surface area contributed by atoms with Gasteiger partial charge in [-0.2, -0.15) is 0 Å². The predicted molar refractivity (Wildman–Crippen MR) is 88.2 cm³/mol. The molecule has 0 aromatic carbocycles. The van der Waals surface area contributed by atoms with Gasteiger partial charge in [-0.15, -0.1) is 0 Å². The third-order valence-electron chi connectivity index (χ3n) is 4.08. The Kier molecular flexibility index (Phi) is 5.60. The van der Waals surface area contributed by atoms with Crippen molar-refractivity contribution >= 4 is 17.5 Å². The molecule has 2 rings (SSSR count). The lowest BCUT2D eigenvalue weighted by Gasteiger charge is -2.26. The number of nitrogens with zero attached hydrogens (tertiary/aromatic N) is 2. The molecule has 122 valence electrons. The first kappa shape index (κ1) is 16.5. The van der Waals surface area contributed by atoms with Crippen LogP contribution < -0.4 is 15.5 Å². The molecule has 1 aliphatic carbocycles. The number of aliphatic hydroxyl groups is 1. The van der Waals surface area contributed by atoms with Crippen molar-refractivity contribution in [1.82, 2.24) is 10.3 Å². The Bertz CT molecular complexity index is 479. The number of pyridine rings is 1. The molecule has 0 radical (unpaired) electrons. The summed E-state index contributed by atoms with van der Waals surface area (Å²) in [5.41, 5.74) is -0.128. The molecular formula is C16H26N4O2. The summed E-state index contributed by atoms with van der Waals surface area (Å²) in [6, 6.07) is 3.34. The Balaban J connectivity index is 1.82. The maximum absolute atomic E-state index is 11.9. The summed E-state index contributed by atoms with van der Waals surface area (Å²) in [6.45, 7) is 0.294. The number of amides is 2. The number of hydrogen-bond donors (Lipinski definition) is 3. The Morgan fingerprint density at radius 3 is 2.50 bits per heavy atom. The van der Waals surface area contributed by atoms with Crippen molar-refractivity contribution in [1.29, 1.82) is 0 Å². The van der Waals surface area contributed by atoms with Crippen molar-refractivity contribution in [3.8, 4) is 0 Å². The molecule has 1 heterocycles. The summed E-state index contributed by atoms with van der Waals surface area (Å²) in [4.78, 5) is 18.1. The predicted octanol–water partition coefficient (Wildman–Crippen LogP) is 2.35. The first-order chi connectivity index (χ1) is 10.5. The van der Waals surface area contributed by atoms with Crippen LogP contribution in [0.3, 0.4) is 0 Å². The summed E-state index contributed by atoms with van der Waals surface area (Å²) in [7, 11) is 3.82. The molecular weight excluding hydrogens is 280 g/mol. The molecule has 1 fully saturated rings. The molecule has 0 atom stereocenters. The van der Waals surface area contributed by atoms with Gasteiger partial charge < -0.3 is 20.6 Å². The monoisotopic (exact) mass is 306 g/mol. The summed E-state index contributed by atoms with van der Waals surface area (Å²) in [5, 5.41) is 16.0. The van der Waals surface area contributed by atoms with Crippen molar-refractivity contribution in [2.75, 3.05) is 30.9 Å². The van der Waals surface area contributed by atoms with Crippen LogP contribution in [0.5, 0.6) is 0 Å². The standard InChI is InChI=1S/C16H26N4O2/c1-20(2)14-8-7-13(11-17-14)19-15(21)18-12-16(22)9-5-3-4-6-10-16/h7-8,11,22H,3-6,9-10,12H2,1-2H3,(H2,18,19,21). The van der Waals surface area contributed by atoms with Crippen LogP contribution >= 0.6 is 0 Å². The maximum atomic E-state index is 11.9. The highest BCUT2D eigenvalue weighted by atomic mass is 16.3. The second-order valence-corrected chi connectivity index (χ2v) is 6.25. The quantitative estimate of drug-likeness (QED) is 0.746. The lowest BCUT2D eigenvalue weighted by atomic mass is 9.95. The van der Waals surface area contributed by atoms with E-state index in [4.69, 9.17) is 0 Å². The van der Waals surface area contributed by atoms with Gasteiger partial charge in [0.05, 0.1) is 17.5 Å². The maximum Gasteiger partial charge on any atom is 0.319 e. The van der Waals surface area contributed by atoms with Crippen LogP contribution in [-0.2, 0) is 0 Å². The normalized spacial score (nSPS) is 17.4. The molecule has 0 saturated heterocycles. The van der Waals surface area contributed by atoms with E-state index in [2.05, 4.69) is 15.6 Å². The molecule has 3 N–H and O–H groups in total. The lowest BCUT2D eigenvalue weighted by molar-refractivity contribution is 0.0281. The van der Waals surface area contributed by atoms with Gasteiger partial charge in [0, 0.05) is 20.6 Å². The van der Waals surface area contributed by atoms with Gasteiger partial charge >= 0.3 is 6.03 Å². The van der Waals surface area contributed by atoms with Crippen LogP contribution in [0.25, 0.3) is 0 Å². The molecule has 1 aliphatic rings. The van der Waals surface area contributed by atoms with Crippen molar-refractivity contribution in [3.63, 3.8) is 0 Å². The molecule has 0 spiro atoms. The Hall–Kier alpha value is -1.82. The number of carbonyl (C=O) groups excluding carboxylic acids is 1. The molecule has 22 heavy (non-hydrogen) atoms. The molecule has 0 unspecified atom stereocenters. The molecule has 0 bridgehead atoms. The van der Waals surface area contributed by atoms with Crippen LogP contribution in [0.15, 0.2) is 18.3 Å². The smallest absolute Gasteiger partial charge is 0.319 e. The van der Waals surface area contributed by atoms with E-state index in [1.165, 1.54) is 12.8 Å². The van der Waals surface area contributed by atoms with Gasteiger partial charge in [-0.05, 0) is 25.0 Å². The summed E-state index contributed by atoms with van der Waals surface area (Å²) in [6.07, 6.45) is 7.51. The second kappa shape index (κ2) is 7.45. The molecule has 0 aliphatic heterocycles. The van der Waals surface area contributed by atoms with Crippen LogP contribution in [0.1, 0.15) is 38.5 Å². The van der Waals surface area contributed by atoms with E-state index in [-0.39, 0.29) is 6.03 Å². The third-order valence-corrected chi connectivity index (χ3v) is 4.08. The summed E-state index contributed by atoms with van der Waals surface area (Å²) >= 11 is 0. The topological polar surface area (TPSA) is 77.5 Å². The van der Waals surface area contributed by atoms with E-state index in [0.29, 0.717) is 12.2 Å². The van der Waals surface area contributed by atoms with Gasteiger partial charge in [0.1, 0.15) is 5.82 Å². The van der Waals surface area contributed by atoms with Gasteiger partial charge in [0.25, 0.3) is 0 Å². The minimum absolute atomic E-state index is 0.294. The molecule has 1 aromatic heterocycles. The van der Waals surface area contributed by atoms with Crippen LogP contribution in [0.2, 0.25) is 0 Å². The van der Waals surface area contributed by atoms with Gasteiger partial charge in [-0.25, -0.2) is 9.78 Å². The number of rotatable bonds is 4. The number of carbonyl (C=O) groups is 1. The van der Waals surface area contributed by atoms with Gasteiger partial charge in [-0.3, -0.25) is 0 Å². The van der Waals surface area contributed by atoms with E-state index in [0.717, 1.165) is 31.5 Å².